The fourth-order valence-corrected chi connectivity index (χ4v) is 4.70. The third-order valence-corrected chi connectivity index (χ3v) is 6.44. The van der Waals surface area contributed by atoms with Crippen LogP contribution < -0.4 is 14.8 Å². The molecule has 0 saturated heterocycles. The van der Waals surface area contributed by atoms with Crippen LogP contribution >= 0.6 is 11.3 Å². The van der Waals surface area contributed by atoms with E-state index >= 15 is 0 Å². The van der Waals surface area contributed by atoms with Gasteiger partial charge in [0.1, 0.15) is 11.5 Å². The maximum Gasteiger partial charge on any atom is 0.255 e. The lowest BCUT2D eigenvalue weighted by atomic mass is 10.1. The average Bonchev–Trinajstić information content (AvgIpc) is 3.45. The molecule has 4 rings (SSSR count). The van der Waals surface area contributed by atoms with Gasteiger partial charge in [-0.05, 0) is 38.1 Å². The first-order valence-corrected chi connectivity index (χ1v) is 11.7. The molecular weight excluding hydrogens is 466 g/mol. The second kappa shape index (κ2) is 10.7. The molecule has 0 unspecified atom stereocenters. The van der Waals surface area contributed by atoms with Crippen molar-refractivity contribution >= 4 is 17.2 Å². The van der Waals surface area contributed by atoms with E-state index in [1.807, 2.05) is 18.2 Å². The number of carbonyl (C=O) groups is 1. The van der Waals surface area contributed by atoms with Crippen molar-refractivity contribution in [1.82, 2.24) is 25.1 Å². The number of nitrogens with zero attached hydrogens (tertiary/aromatic N) is 4. The third-order valence-electron chi connectivity index (χ3n) is 5.48. The van der Waals surface area contributed by atoms with Crippen LogP contribution in [0.1, 0.15) is 31.4 Å². The molecule has 10 heteroatoms. The molecule has 0 aliphatic rings. The van der Waals surface area contributed by atoms with Crippen LogP contribution in [0.5, 0.6) is 11.5 Å². The molecule has 0 aliphatic carbocycles. The number of rotatable bonds is 9. The van der Waals surface area contributed by atoms with Gasteiger partial charge in [-0.15, -0.1) is 11.3 Å². The maximum absolute atomic E-state index is 13.1. The van der Waals surface area contributed by atoms with Gasteiger partial charge < -0.3 is 19.5 Å². The highest BCUT2D eigenvalue weighted by Gasteiger charge is 2.21. The first-order valence-electron chi connectivity index (χ1n) is 10.9. The highest BCUT2D eigenvalue weighted by atomic mass is 32.1. The van der Waals surface area contributed by atoms with Crippen molar-refractivity contribution in [3.8, 4) is 28.7 Å². The molecule has 0 saturated carbocycles. The minimum atomic E-state index is -0.290. The van der Waals surface area contributed by atoms with E-state index in [0.717, 1.165) is 16.8 Å². The molecule has 3 aromatic heterocycles. The molecule has 0 aliphatic heterocycles. The van der Waals surface area contributed by atoms with E-state index in [1.165, 1.54) is 16.0 Å². The number of hydrogen-bond donors (Lipinski definition) is 1. The number of thiophene rings is 1. The highest BCUT2D eigenvalue weighted by Crippen LogP contribution is 2.29. The number of methoxy groups -OCH3 is 3. The number of nitrogens with one attached hydrogen (secondary N) is 1. The summed E-state index contributed by atoms with van der Waals surface area (Å²) < 4.78 is 17.6. The van der Waals surface area contributed by atoms with E-state index in [2.05, 4.69) is 35.3 Å². The lowest BCUT2D eigenvalue weighted by Crippen LogP contribution is -2.24. The molecule has 0 bridgehead atoms. The summed E-state index contributed by atoms with van der Waals surface area (Å²) in [5.41, 5.74) is 3.62. The maximum atomic E-state index is 13.1. The fraction of sp³-hybridized carbons (Fsp3) is 0.280. The molecular formula is C25H27N5O4S. The third kappa shape index (κ3) is 5.18. The number of hydrogen-bond acceptors (Lipinski definition) is 8. The lowest BCUT2D eigenvalue weighted by molar-refractivity contribution is 0.0945. The van der Waals surface area contributed by atoms with Crippen LogP contribution in [-0.4, -0.2) is 47.0 Å². The van der Waals surface area contributed by atoms with Crippen LogP contribution in [0.15, 0.2) is 42.7 Å². The SMILES string of the molecule is COCc1c(C(=O)NCc2ccc(OC)cc2OC)cnn1-c1nccc(-c2cc(C)sc2C)n1. The number of ether oxygens (including phenoxy) is 3. The smallest absolute Gasteiger partial charge is 0.255 e. The zero-order chi connectivity index (χ0) is 24.9. The molecule has 3 heterocycles. The molecule has 35 heavy (non-hydrogen) atoms. The molecule has 0 spiro atoms. The number of benzene rings is 1. The van der Waals surface area contributed by atoms with Crippen LogP contribution in [0.3, 0.4) is 0 Å². The van der Waals surface area contributed by atoms with Gasteiger partial charge in [-0.1, -0.05) is 0 Å². The predicted molar refractivity (Wildman–Crippen MR) is 133 cm³/mol. The normalized spacial score (nSPS) is 10.9. The minimum Gasteiger partial charge on any atom is -0.497 e. The summed E-state index contributed by atoms with van der Waals surface area (Å²) >= 11 is 1.72. The lowest BCUT2D eigenvalue weighted by Gasteiger charge is -2.12. The summed E-state index contributed by atoms with van der Waals surface area (Å²) in [5, 5.41) is 7.34. The van der Waals surface area contributed by atoms with Gasteiger partial charge in [0.2, 0.25) is 0 Å². The molecule has 0 radical (unpaired) electrons. The van der Waals surface area contributed by atoms with Crippen molar-refractivity contribution in [2.75, 3.05) is 21.3 Å². The molecule has 0 fully saturated rings. The number of carbonyl (C=O) groups excluding carboxylic acids is 1. The summed E-state index contributed by atoms with van der Waals surface area (Å²) in [7, 11) is 4.73. The Morgan fingerprint density at radius 2 is 1.94 bits per heavy atom. The van der Waals surface area contributed by atoms with E-state index in [-0.39, 0.29) is 19.1 Å². The van der Waals surface area contributed by atoms with Crippen molar-refractivity contribution in [2.24, 2.45) is 0 Å². The molecule has 1 aromatic carbocycles. The van der Waals surface area contributed by atoms with Crippen LogP contribution in [0, 0.1) is 13.8 Å². The Labute approximate surface area is 207 Å². The molecule has 1 N–H and O–H groups in total. The Kier molecular flexibility index (Phi) is 7.42. The van der Waals surface area contributed by atoms with Crippen molar-refractivity contribution in [3.05, 3.63) is 69.3 Å². The summed E-state index contributed by atoms with van der Waals surface area (Å²) in [6.07, 6.45) is 3.20. The Morgan fingerprint density at radius 3 is 2.63 bits per heavy atom. The van der Waals surface area contributed by atoms with Crippen molar-refractivity contribution in [3.63, 3.8) is 0 Å². The first-order chi connectivity index (χ1) is 16.9. The van der Waals surface area contributed by atoms with Gasteiger partial charge in [-0.3, -0.25) is 4.79 Å². The van der Waals surface area contributed by atoms with E-state index < -0.39 is 0 Å². The first kappa shape index (κ1) is 24.4. The summed E-state index contributed by atoms with van der Waals surface area (Å²) in [6.45, 7) is 4.57. The monoisotopic (exact) mass is 493 g/mol. The molecule has 0 atom stereocenters. The van der Waals surface area contributed by atoms with Crippen LogP contribution in [0.2, 0.25) is 0 Å². The van der Waals surface area contributed by atoms with Crippen molar-refractivity contribution in [2.45, 2.75) is 27.0 Å². The Balaban J connectivity index is 1.60. The van der Waals surface area contributed by atoms with Crippen LogP contribution in [0.4, 0.5) is 0 Å². The van der Waals surface area contributed by atoms with Gasteiger partial charge in [0.25, 0.3) is 11.9 Å². The molecule has 4 aromatic rings. The van der Waals surface area contributed by atoms with E-state index in [1.54, 1.807) is 49.6 Å². The van der Waals surface area contributed by atoms with Gasteiger partial charge in [-0.25, -0.2) is 9.97 Å². The summed E-state index contributed by atoms with van der Waals surface area (Å²) in [5.74, 6) is 1.38. The Bertz CT molecular complexity index is 1350. The fourth-order valence-electron chi connectivity index (χ4n) is 3.77. The van der Waals surface area contributed by atoms with Crippen molar-refractivity contribution in [1.29, 1.82) is 0 Å². The van der Waals surface area contributed by atoms with E-state index in [0.29, 0.717) is 28.7 Å². The molecule has 182 valence electrons. The van der Waals surface area contributed by atoms with Crippen molar-refractivity contribution < 1.29 is 19.0 Å². The number of aryl methyl sites for hydroxylation is 2. The quantitative estimate of drug-likeness (QED) is 0.375. The highest BCUT2D eigenvalue weighted by molar-refractivity contribution is 7.12. The van der Waals surface area contributed by atoms with Gasteiger partial charge in [0, 0.05) is 46.8 Å². The van der Waals surface area contributed by atoms with Gasteiger partial charge in [-0.2, -0.15) is 9.78 Å². The average molecular weight is 494 g/mol. The summed E-state index contributed by atoms with van der Waals surface area (Å²) in [4.78, 5) is 24.6. The van der Waals surface area contributed by atoms with Crippen LogP contribution in [0.25, 0.3) is 17.2 Å². The second-order valence-corrected chi connectivity index (χ2v) is 9.24. The van der Waals surface area contributed by atoms with Gasteiger partial charge >= 0.3 is 0 Å². The van der Waals surface area contributed by atoms with E-state index in [9.17, 15) is 4.79 Å². The van der Waals surface area contributed by atoms with Crippen LogP contribution in [-0.2, 0) is 17.9 Å². The zero-order valence-corrected chi connectivity index (χ0v) is 21.1. The van der Waals surface area contributed by atoms with Gasteiger partial charge in [0.15, 0.2) is 0 Å². The minimum absolute atomic E-state index is 0.165. The summed E-state index contributed by atoms with van der Waals surface area (Å²) in [6, 6.07) is 9.42. The number of amides is 1. The Hall–Kier alpha value is -3.76. The molecule has 1 amide bonds. The largest absolute Gasteiger partial charge is 0.497 e. The topological polar surface area (TPSA) is 100 Å². The van der Waals surface area contributed by atoms with E-state index in [4.69, 9.17) is 19.2 Å². The zero-order valence-electron chi connectivity index (χ0n) is 20.3. The standard InChI is InChI=1S/C25H27N5O4S/c1-15-10-19(16(2)35-15)21-8-9-26-25(29-21)30-22(14-32-3)20(13-28-30)24(31)27-12-17-6-7-18(33-4)11-23(17)34-5/h6-11,13H,12,14H2,1-5H3,(H,27,31). The second-order valence-electron chi connectivity index (χ2n) is 7.78. The Morgan fingerprint density at radius 1 is 1.11 bits per heavy atom. The molecule has 9 nitrogen and oxygen atoms in total. The number of aromatic nitrogens is 4. The van der Waals surface area contributed by atoms with Gasteiger partial charge in [0.05, 0.1) is 44.0 Å². The predicted octanol–water partition coefficient (Wildman–Crippen LogP) is 4.10.